The second-order valence-corrected chi connectivity index (χ2v) is 3.91. The van der Waals surface area contributed by atoms with Crippen molar-refractivity contribution >= 4 is 29.9 Å². The lowest BCUT2D eigenvalue weighted by molar-refractivity contribution is -0.191. The molecule has 0 saturated heterocycles. The average Bonchev–Trinajstić information content (AvgIpc) is 2.87. The van der Waals surface area contributed by atoms with Gasteiger partial charge in [0.15, 0.2) is 0 Å². The molecule has 4 nitrogen and oxygen atoms in total. The number of hydrogen-bond donors (Lipinski definition) is 0. The molecule has 0 radical (unpaired) electrons. The summed E-state index contributed by atoms with van der Waals surface area (Å²) in [4.78, 5) is 20.4. The van der Waals surface area contributed by atoms with Crippen molar-refractivity contribution in [1.82, 2.24) is 4.98 Å². The molecule has 2 aromatic rings. The summed E-state index contributed by atoms with van der Waals surface area (Å²) in [5.41, 5.74) is 3.12. The fraction of sp³-hybridized carbons (Fsp3) is 0.143. The van der Waals surface area contributed by atoms with Crippen molar-refractivity contribution in [3.8, 4) is 0 Å². The fourth-order valence-electron chi connectivity index (χ4n) is 1.31. The summed E-state index contributed by atoms with van der Waals surface area (Å²) in [5, 5.41) is 0. The Kier molecular flexibility index (Phi) is 6.30. The van der Waals surface area contributed by atoms with Crippen molar-refractivity contribution in [3.63, 3.8) is 0 Å². The van der Waals surface area contributed by atoms with Gasteiger partial charge >= 0.3 is 6.15 Å². The molecule has 0 saturated carbocycles. The quantitative estimate of drug-likeness (QED) is 0.808. The number of aromatic nitrogens is 1. The minimum atomic E-state index is 0.250. The summed E-state index contributed by atoms with van der Waals surface area (Å²) in [6.07, 6.45) is 5.62. The van der Waals surface area contributed by atoms with Crippen molar-refractivity contribution in [2.24, 2.45) is 0 Å². The third-order valence-electron chi connectivity index (χ3n) is 2.20. The molecule has 98 valence electrons. The topological polar surface area (TPSA) is 60.2 Å². The molecule has 0 unspecified atom stereocenters. The number of rotatable bonds is 3. The van der Waals surface area contributed by atoms with E-state index in [1.54, 1.807) is 6.26 Å². The van der Waals surface area contributed by atoms with Gasteiger partial charge < -0.3 is 4.42 Å². The van der Waals surface area contributed by atoms with Gasteiger partial charge in [0.05, 0.1) is 11.6 Å². The van der Waals surface area contributed by atoms with Gasteiger partial charge in [0.25, 0.3) is 0 Å². The van der Waals surface area contributed by atoms with Crippen LogP contribution in [0.5, 0.6) is 0 Å². The van der Waals surface area contributed by atoms with E-state index in [0.717, 1.165) is 11.3 Å². The van der Waals surface area contributed by atoms with E-state index in [2.05, 4.69) is 36.2 Å². The Morgan fingerprint density at radius 2 is 1.89 bits per heavy atom. The Labute approximate surface area is 115 Å². The molecule has 0 aliphatic rings. The maximum atomic E-state index is 8.12. The van der Waals surface area contributed by atoms with E-state index in [-0.39, 0.29) is 6.15 Å². The number of alkyl halides is 1. The van der Waals surface area contributed by atoms with Gasteiger partial charge in [-0.3, -0.25) is 0 Å². The van der Waals surface area contributed by atoms with Crippen LogP contribution < -0.4 is 0 Å². The first-order valence-electron chi connectivity index (χ1n) is 5.44. The van der Waals surface area contributed by atoms with Crippen molar-refractivity contribution in [2.45, 2.75) is 12.8 Å². The molecular formula is C14H12ClNO3. The smallest absolute Gasteiger partial charge is 0.373 e. The van der Waals surface area contributed by atoms with Crippen molar-refractivity contribution in [3.05, 3.63) is 53.2 Å². The van der Waals surface area contributed by atoms with Crippen LogP contribution in [0.1, 0.15) is 22.7 Å². The minimum absolute atomic E-state index is 0.250. The molecule has 0 aliphatic carbocycles. The Balaban J connectivity index is 0.000000550. The van der Waals surface area contributed by atoms with Crippen LogP contribution in [-0.2, 0) is 15.5 Å². The molecule has 5 heteroatoms. The number of benzene rings is 1. The molecule has 0 spiro atoms. The molecule has 0 bridgehead atoms. The molecule has 1 aromatic heterocycles. The average molecular weight is 278 g/mol. The summed E-state index contributed by atoms with van der Waals surface area (Å²) in [5.74, 6) is 0.957. The van der Waals surface area contributed by atoms with E-state index in [0.29, 0.717) is 11.8 Å². The van der Waals surface area contributed by atoms with Gasteiger partial charge in [-0.25, -0.2) is 4.98 Å². The standard InChI is InChI=1S/C13H12ClNO.CO2/c1-10-2-4-11(5-3-10)6-7-13-15-12(8-14)9-16-13;2-1-3/h2-7,9H,8H2,1H3;/b7-6+;. The molecule has 1 heterocycles. The minimum Gasteiger partial charge on any atom is -0.445 e. The highest BCUT2D eigenvalue weighted by Gasteiger charge is 1.98. The van der Waals surface area contributed by atoms with Crippen LogP contribution in [0.25, 0.3) is 12.2 Å². The number of oxazole rings is 1. The summed E-state index contributed by atoms with van der Waals surface area (Å²) >= 11 is 5.63. The van der Waals surface area contributed by atoms with Gasteiger partial charge in [0.1, 0.15) is 6.26 Å². The number of carbonyl (C=O) groups excluding carboxylic acids is 2. The number of halogens is 1. The van der Waals surface area contributed by atoms with Crippen LogP contribution >= 0.6 is 11.6 Å². The van der Waals surface area contributed by atoms with E-state index in [4.69, 9.17) is 25.6 Å². The van der Waals surface area contributed by atoms with Crippen LogP contribution in [0.15, 0.2) is 34.9 Å². The molecule has 1 aromatic carbocycles. The fourth-order valence-corrected chi connectivity index (χ4v) is 1.43. The first-order valence-corrected chi connectivity index (χ1v) is 5.97. The molecule has 0 amide bonds. The van der Waals surface area contributed by atoms with Crippen LogP contribution in [0, 0.1) is 6.92 Å². The molecular weight excluding hydrogens is 266 g/mol. The number of nitrogens with zero attached hydrogens (tertiary/aromatic N) is 1. The SMILES string of the molecule is Cc1ccc(/C=C/c2nc(CCl)co2)cc1.O=C=O. The molecule has 0 aliphatic heterocycles. The largest absolute Gasteiger partial charge is 0.445 e. The Morgan fingerprint density at radius 1 is 1.26 bits per heavy atom. The van der Waals surface area contributed by atoms with E-state index >= 15 is 0 Å². The van der Waals surface area contributed by atoms with Crippen molar-refractivity contribution in [2.75, 3.05) is 0 Å². The summed E-state index contributed by atoms with van der Waals surface area (Å²) in [7, 11) is 0. The molecule has 0 N–H and O–H groups in total. The highest BCUT2D eigenvalue weighted by Crippen LogP contribution is 2.10. The molecule has 19 heavy (non-hydrogen) atoms. The molecule has 2 rings (SSSR count). The third kappa shape index (κ3) is 5.34. The van der Waals surface area contributed by atoms with Crippen molar-refractivity contribution in [1.29, 1.82) is 0 Å². The zero-order valence-electron chi connectivity index (χ0n) is 10.3. The van der Waals surface area contributed by atoms with E-state index in [9.17, 15) is 0 Å². The lowest BCUT2D eigenvalue weighted by atomic mass is 10.1. The van der Waals surface area contributed by atoms with Gasteiger partial charge in [-0.05, 0) is 18.6 Å². The Bertz CT molecular complexity index is 567. The second-order valence-electron chi connectivity index (χ2n) is 3.64. The molecule has 0 atom stereocenters. The van der Waals surface area contributed by atoms with E-state index in [1.807, 2.05) is 12.2 Å². The highest BCUT2D eigenvalue weighted by molar-refractivity contribution is 6.16. The predicted molar refractivity (Wildman–Crippen MR) is 71.2 cm³/mol. The van der Waals surface area contributed by atoms with Gasteiger partial charge in [0, 0.05) is 6.08 Å². The number of hydrogen-bond acceptors (Lipinski definition) is 4. The summed E-state index contributed by atoms with van der Waals surface area (Å²) in [6.45, 7) is 2.06. The van der Waals surface area contributed by atoms with E-state index in [1.165, 1.54) is 5.56 Å². The highest BCUT2D eigenvalue weighted by atomic mass is 35.5. The monoisotopic (exact) mass is 277 g/mol. The van der Waals surface area contributed by atoms with Crippen LogP contribution in [0.2, 0.25) is 0 Å². The Hall–Kier alpha value is -2.16. The second kappa shape index (κ2) is 8.03. The Morgan fingerprint density at radius 3 is 2.42 bits per heavy atom. The van der Waals surface area contributed by atoms with Crippen LogP contribution in [0.3, 0.4) is 0 Å². The lowest BCUT2D eigenvalue weighted by Crippen LogP contribution is -1.77. The van der Waals surface area contributed by atoms with Gasteiger partial charge in [-0.1, -0.05) is 29.8 Å². The van der Waals surface area contributed by atoms with Gasteiger partial charge in [-0.15, -0.1) is 11.6 Å². The maximum absolute atomic E-state index is 8.12. The van der Waals surface area contributed by atoms with Crippen LogP contribution in [-0.4, -0.2) is 11.1 Å². The zero-order valence-corrected chi connectivity index (χ0v) is 11.1. The number of aryl methyl sites for hydroxylation is 1. The van der Waals surface area contributed by atoms with Crippen molar-refractivity contribution < 1.29 is 14.0 Å². The lowest BCUT2D eigenvalue weighted by Gasteiger charge is -1.93. The van der Waals surface area contributed by atoms with Gasteiger partial charge in [0.2, 0.25) is 5.89 Å². The first-order chi connectivity index (χ1) is 9.19. The summed E-state index contributed by atoms with van der Waals surface area (Å²) < 4.78 is 5.22. The first kappa shape index (κ1) is 14.9. The predicted octanol–water partition coefficient (Wildman–Crippen LogP) is 3.31. The molecule has 0 fully saturated rings. The maximum Gasteiger partial charge on any atom is 0.373 e. The zero-order chi connectivity index (χ0) is 14.1. The van der Waals surface area contributed by atoms with Gasteiger partial charge in [-0.2, -0.15) is 9.59 Å². The summed E-state index contributed by atoms with van der Waals surface area (Å²) in [6, 6.07) is 8.24. The normalized spacial score (nSPS) is 9.79. The third-order valence-corrected chi connectivity index (χ3v) is 2.48. The van der Waals surface area contributed by atoms with E-state index < -0.39 is 0 Å². The van der Waals surface area contributed by atoms with Crippen LogP contribution in [0.4, 0.5) is 0 Å².